The van der Waals surface area contributed by atoms with Crippen molar-refractivity contribution in [2.24, 2.45) is 0 Å². The summed E-state index contributed by atoms with van der Waals surface area (Å²) in [4.78, 5) is 37.0. The molecule has 0 aliphatic heterocycles. The zero-order valence-electron chi connectivity index (χ0n) is 17.1. The van der Waals surface area contributed by atoms with E-state index < -0.39 is 5.76 Å². The highest BCUT2D eigenvalue weighted by Crippen LogP contribution is 2.19. The van der Waals surface area contributed by atoms with E-state index in [1.807, 2.05) is 32.0 Å². The van der Waals surface area contributed by atoms with Crippen LogP contribution in [0.1, 0.15) is 21.5 Å². The third-order valence-corrected chi connectivity index (χ3v) is 5.16. The number of para-hydroxylation sites is 2. The van der Waals surface area contributed by atoms with Gasteiger partial charge in [-0.2, -0.15) is 0 Å². The first-order valence-corrected chi connectivity index (χ1v) is 9.78. The number of carbonyl (C=O) groups excluding carboxylic acids is 2. The van der Waals surface area contributed by atoms with Gasteiger partial charge in [-0.1, -0.05) is 24.3 Å². The molecule has 0 aliphatic carbocycles. The number of hydrogen-bond acceptors (Lipinski definition) is 4. The van der Waals surface area contributed by atoms with Gasteiger partial charge in [0.25, 0.3) is 5.91 Å². The molecule has 2 amide bonds. The van der Waals surface area contributed by atoms with Gasteiger partial charge in [-0.05, 0) is 67.4 Å². The van der Waals surface area contributed by atoms with Gasteiger partial charge in [-0.25, -0.2) is 4.79 Å². The van der Waals surface area contributed by atoms with E-state index >= 15 is 0 Å². The molecule has 1 aromatic heterocycles. The average molecular weight is 415 g/mol. The van der Waals surface area contributed by atoms with Crippen molar-refractivity contribution >= 4 is 34.3 Å². The van der Waals surface area contributed by atoms with Gasteiger partial charge in [0.15, 0.2) is 5.58 Å². The first-order chi connectivity index (χ1) is 14.9. The van der Waals surface area contributed by atoms with Crippen molar-refractivity contribution in [3.63, 3.8) is 0 Å². The molecule has 0 bridgehead atoms. The van der Waals surface area contributed by atoms with Crippen LogP contribution < -0.4 is 16.4 Å². The second kappa shape index (κ2) is 8.31. The molecule has 0 saturated carbocycles. The molecule has 3 aromatic carbocycles. The lowest BCUT2D eigenvalue weighted by Crippen LogP contribution is -2.24. The highest BCUT2D eigenvalue weighted by atomic mass is 16.4. The van der Waals surface area contributed by atoms with Crippen LogP contribution in [-0.4, -0.2) is 16.4 Å². The van der Waals surface area contributed by atoms with Crippen LogP contribution in [0.4, 0.5) is 11.4 Å². The Bertz CT molecular complexity index is 1330. The summed E-state index contributed by atoms with van der Waals surface area (Å²) in [5, 5.41) is 5.64. The van der Waals surface area contributed by atoms with Crippen molar-refractivity contribution < 1.29 is 14.0 Å². The molecule has 1 heterocycles. The molecule has 0 unspecified atom stereocenters. The first-order valence-electron chi connectivity index (χ1n) is 9.78. The SMILES string of the molecule is Cc1cccc(NC(=O)c2ccc(NC(=O)Cn3c(=O)oc4ccccc43)cc2)c1C. The highest BCUT2D eigenvalue weighted by molar-refractivity contribution is 6.05. The van der Waals surface area contributed by atoms with Gasteiger partial charge in [0.2, 0.25) is 5.91 Å². The van der Waals surface area contributed by atoms with Gasteiger partial charge < -0.3 is 15.1 Å². The molecule has 0 atom stereocenters. The summed E-state index contributed by atoms with van der Waals surface area (Å²) in [6, 6.07) is 19.2. The zero-order valence-corrected chi connectivity index (χ0v) is 17.1. The molecule has 2 N–H and O–H groups in total. The Morgan fingerprint density at radius 1 is 0.903 bits per heavy atom. The number of benzene rings is 3. The van der Waals surface area contributed by atoms with Crippen LogP contribution in [0.15, 0.2) is 75.9 Å². The predicted octanol–water partition coefficient (Wildman–Crippen LogP) is 4.10. The van der Waals surface area contributed by atoms with Crippen molar-refractivity contribution in [2.75, 3.05) is 10.6 Å². The molecule has 31 heavy (non-hydrogen) atoms. The Kier molecular flexibility index (Phi) is 5.41. The summed E-state index contributed by atoms with van der Waals surface area (Å²) in [7, 11) is 0. The molecule has 4 aromatic rings. The maximum atomic E-state index is 12.5. The predicted molar refractivity (Wildman–Crippen MR) is 119 cm³/mol. The summed E-state index contributed by atoms with van der Waals surface area (Å²) < 4.78 is 6.41. The van der Waals surface area contributed by atoms with E-state index in [-0.39, 0.29) is 18.4 Å². The van der Waals surface area contributed by atoms with Crippen molar-refractivity contribution in [1.82, 2.24) is 4.57 Å². The number of rotatable bonds is 5. The minimum absolute atomic E-state index is 0.176. The smallest absolute Gasteiger partial charge is 0.408 e. The monoisotopic (exact) mass is 415 g/mol. The number of nitrogens with one attached hydrogen (secondary N) is 2. The molecule has 0 fully saturated rings. The Labute approximate surface area is 178 Å². The van der Waals surface area contributed by atoms with Crippen molar-refractivity contribution in [3.8, 4) is 0 Å². The molecular weight excluding hydrogens is 394 g/mol. The third-order valence-electron chi connectivity index (χ3n) is 5.16. The molecule has 0 aliphatic rings. The van der Waals surface area contributed by atoms with Gasteiger partial charge in [-0.3, -0.25) is 14.2 Å². The lowest BCUT2D eigenvalue weighted by molar-refractivity contribution is -0.116. The highest BCUT2D eigenvalue weighted by Gasteiger charge is 2.13. The number of nitrogens with zero attached hydrogens (tertiary/aromatic N) is 1. The first kappa shape index (κ1) is 20.2. The molecule has 0 radical (unpaired) electrons. The molecule has 0 saturated heterocycles. The molecule has 0 spiro atoms. The van der Waals surface area contributed by atoms with E-state index in [1.54, 1.807) is 48.5 Å². The van der Waals surface area contributed by atoms with E-state index in [0.717, 1.165) is 16.8 Å². The minimum Gasteiger partial charge on any atom is -0.408 e. The van der Waals surface area contributed by atoms with E-state index in [1.165, 1.54) is 4.57 Å². The van der Waals surface area contributed by atoms with Crippen molar-refractivity contribution in [3.05, 3.63) is 94.0 Å². The van der Waals surface area contributed by atoms with Crippen LogP contribution in [0.25, 0.3) is 11.1 Å². The van der Waals surface area contributed by atoms with Gasteiger partial charge in [0, 0.05) is 16.9 Å². The summed E-state index contributed by atoms with van der Waals surface area (Å²) in [5.41, 5.74) is 4.85. The van der Waals surface area contributed by atoms with E-state index in [0.29, 0.717) is 22.4 Å². The minimum atomic E-state index is -0.588. The van der Waals surface area contributed by atoms with Gasteiger partial charge in [0.1, 0.15) is 6.54 Å². The maximum absolute atomic E-state index is 12.5. The fourth-order valence-corrected chi connectivity index (χ4v) is 3.29. The van der Waals surface area contributed by atoms with Crippen molar-refractivity contribution in [2.45, 2.75) is 20.4 Å². The summed E-state index contributed by atoms with van der Waals surface area (Å²) >= 11 is 0. The van der Waals surface area contributed by atoms with Crippen LogP contribution >= 0.6 is 0 Å². The van der Waals surface area contributed by atoms with Crippen LogP contribution in [0, 0.1) is 13.8 Å². The number of anilines is 2. The summed E-state index contributed by atoms with van der Waals surface area (Å²) in [6.45, 7) is 3.77. The lowest BCUT2D eigenvalue weighted by atomic mass is 10.1. The number of amides is 2. The Morgan fingerprint density at radius 3 is 2.42 bits per heavy atom. The van der Waals surface area contributed by atoms with Crippen LogP contribution in [0.3, 0.4) is 0 Å². The zero-order chi connectivity index (χ0) is 22.0. The summed E-state index contributed by atoms with van der Waals surface area (Å²) in [6.07, 6.45) is 0. The van der Waals surface area contributed by atoms with Crippen LogP contribution in [0.5, 0.6) is 0 Å². The molecule has 7 nitrogen and oxygen atoms in total. The lowest BCUT2D eigenvalue weighted by Gasteiger charge is -2.11. The number of hydrogen-bond donors (Lipinski definition) is 2. The second-order valence-corrected chi connectivity index (χ2v) is 7.25. The van der Waals surface area contributed by atoms with Gasteiger partial charge in [-0.15, -0.1) is 0 Å². The fraction of sp³-hybridized carbons (Fsp3) is 0.125. The van der Waals surface area contributed by atoms with Crippen LogP contribution in [0.2, 0.25) is 0 Å². The quantitative estimate of drug-likeness (QED) is 0.513. The number of carbonyl (C=O) groups is 2. The molecule has 156 valence electrons. The van der Waals surface area contributed by atoms with E-state index in [4.69, 9.17) is 4.42 Å². The maximum Gasteiger partial charge on any atom is 0.420 e. The molecule has 4 rings (SSSR count). The fourth-order valence-electron chi connectivity index (χ4n) is 3.29. The molecular formula is C24H21N3O4. The number of fused-ring (bicyclic) bond motifs is 1. The topological polar surface area (TPSA) is 93.3 Å². The number of aromatic nitrogens is 1. The van der Waals surface area contributed by atoms with E-state index in [9.17, 15) is 14.4 Å². The molecule has 7 heteroatoms. The Morgan fingerprint density at radius 2 is 1.65 bits per heavy atom. The normalized spacial score (nSPS) is 10.8. The standard InChI is InChI=1S/C24H21N3O4/c1-15-6-5-7-19(16(15)2)26-23(29)17-10-12-18(13-11-17)25-22(28)14-27-20-8-3-4-9-21(20)31-24(27)30/h3-13H,14H2,1-2H3,(H,25,28)(H,26,29). The van der Waals surface area contributed by atoms with Crippen molar-refractivity contribution in [1.29, 1.82) is 0 Å². The van der Waals surface area contributed by atoms with E-state index in [2.05, 4.69) is 10.6 Å². The average Bonchev–Trinajstić information content (AvgIpc) is 3.07. The largest absolute Gasteiger partial charge is 0.420 e. The number of oxazole rings is 1. The van der Waals surface area contributed by atoms with Gasteiger partial charge in [0.05, 0.1) is 5.52 Å². The third kappa shape index (κ3) is 4.25. The van der Waals surface area contributed by atoms with Crippen LogP contribution in [-0.2, 0) is 11.3 Å². The second-order valence-electron chi connectivity index (χ2n) is 7.25. The Balaban J connectivity index is 1.43. The number of aryl methyl sites for hydroxylation is 1. The van der Waals surface area contributed by atoms with Gasteiger partial charge >= 0.3 is 5.76 Å². The summed E-state index contributed by atoms with van der Waals surface area (Å²) in [5.74, 6) is -1.20. The Hall–Kier alpha value is -4.13.